The first-order valence-electron chi connectivity index (χ1n) is 7.98. The van der Waals surface area contributed by atoms with E-state index < -0.39 is 16.0 Å². The minimum Gasteiger partial charge on any atom is -0.481 e. The van der Waals surface area contributed by atoms with Gasteiger partial charge in [0, 0.05) is 29.6 Å². The summed E-state index contributed by atoms with van der Waals surface area (Å²) in [5.41, 5.74) is 0.805. The van der Waals surface area contributed by atoms with Gasteiger partial charge >= 0.3 is 5.97 Å². The molecular formula is C17H23Cl2NO4S. The van der Waals surface area contributed by atoms with Crippen LogP contribution in [0.1, 0.15) is 37.7 Å². The first kappa shape index (κ1) is 22.0. The summed E-state index contributed by atoms with van der Waals surface area (Å²) in [5.74, 6) is -0.802. The summed E-state index contributed by atoms with van der Waals surface area (Å²) in [4.78, 5) is 10.4. The molecule has 0 aromatic heterocycles. The minimum atomic E-state index is -3.31. The Morgan fingerprint density at radius 2 is 1.72 bits per heavy atom. The SMILES string of the molecule is CS(=O)(=O)N(CC=Cc1cc(Cl)cc(Cl)c1)CCCCCCC(=O)O. The van der Waals surface area contributed by atoms with Gasteiger partial charge < -0.3 is 5.11 Å². The molecule has 0 aliphatic carbocycles. The molecule has 0 aliphatic heterocycles. The van der Waals surface area contributed by atoms with Crippen LogP contribution in [0, 0.1) is 0 Å². The first-order chi connectivity index (χ1) is 11.7. The molecule has 1 aromatic carbocycles. The van der Waals surface area contributed by atoms with Gasteiger partial charge in [0.2, 0.25) is 10.0 Å². The van der Waals surface area contributed by atoms with Crippen LogP contribution in [-0.4, -0.2) is 43.1 Å². The van der Waals surface area contributed by atoms with Gasteiger partial charge in [-0.1, -0.05) is 48.2 Å². The van der Waals surface area contributed by atoms with Crippen LogP contribution in [0.2, 0.25) is 10.0 Å². The monoisotopic (exact) mass is 407 g/mol. The maximum atomic E-state index is 11.9. The van der Waals surface area contributed by atoms with E-state index in [0.29, 0.717) is 29.4 Å². The molecule has 0 unspecified atom stereocenters. The summed E-state index contributed by atoms with van der Waals surface area (Å²) in [6.45, 7) is 0.671. The van der Waals surface area contributed by atoms with E-state index in [1.165, 1.54) is 10.6 Å². The number of unbranched alkanes of at least 4 members (excludes halogenated alkanes) is 3. The van der Waals surface area contributed by atoms with Crippen LogP contribution in [0.4, 0.5) is 0 Å². The standard InChI is InChI=1S/C17H23Cl2NO4S/c1-25(23,24)20(9-5-3-2-4-8-17(21)22)10-6-7-14-11-15(18)13-16(19)12-14/h6-7,11-13H,2-5,8-10H2,1H3,(H,21,22). The van der Waals surface area contributed by atoms with Crippen LogP contribution >= 0.6 is 23.2 Å². The molecule has 1 N–H and O–H groups in total. The average molecular weight is 408 g/mol. The van der Waals surface area contributed by atoms with Gasteiger partial charge in [0.15, 0.2) is 0 Å². The zero-order valence-electron chi connectivity index (χ0n) is 14.1. The number of carboxylic acid groups (broad SMARTS) is 1. The largest absolute Gasteiger partial charge is 0.481 e. The molecule has 0 aliphatic rings. The Morgan fingerprint density at radius 3 is 2.28 bits per heavy atom. The molecule has 0 saturated carbocycles. The molecule has 140 valence electrons. The van der Waals surface area contributed by atoms with Crippen molar-refractivity contribution in [3.05, 3.63) is 39.9 Å². The zero-order valence-corrected chi connectivity index (χ0v) is 16.4. The second kappa shape index (κ2) is 10.8. The lowest BCUT2D eigenvalue weighted by Crippen LogP contribution is -2.31. The van der Waals surface area contributed by atoms with Gasteiger partial charge in [-0.3, -0.25) is 4.79 Å². The first-order valence-corrected chi connectivity index (χ1v) is 10.6. The van der Waals surface area contributed by atoms with Gasteiger partial charge in [0.25, 0.3) is 0 Å². The quantitative estimate of drug-likeness (QED) is 0.554. The van der Waals surface area contributed by atoms with Gasteiger partial charge in [0.05, 0.1) is 6.26 Å². The van der Waals surface area contributed by atoms with Crippen LogP contribution in [0.25, 0.3) is 6.08 Å². The van der Waals surface area contributed by atoms with Crippen molar-refractivity contribution in [1.29, 1.82) is 0 Å². The molecule has 0 saturated heterocycles. The van der Waals surface area contributed by atoms with Crippen molar-refractivity contribution in [2.24, 2.45) is 0 Å². The lowest BCUT2D eigenvalue weighted by Gasteiger charge is -2.18. The van der Waals surface area contributed by atoms with Gasteiger partial charge in [0.1, 0.15) is 0 Å². The normalized spacial score (nSPS) is 12.2. The van der Waals surface area contributed by atoms with Crippen molar-refractivity contribution < 1.29 is 18.3 Å². The molecular weight excluding hydrogens is 385 g/mol. The smallest absolute Gasteiger partial charge is 0.303 e. The molecule has 1 rings (SSSR count). The zero-order chi connectivity index (χ0) is 18.9. The second-order valence-electron chi connectivity index (χ2n) is 5.78. The fourth-order valence-corrected chi connectivity index (χ4v) is 3.65. The van der Waals surface area contributed by atoms with Crippen molar-refractivity contribution in [2.75, 3.05) is 19.3 Å². The van der Waals surface area contributed by atoms with E-state index in [2.05, 4.69) is 0 Å². The summed E-state index contributed by atoms with van der Waals surface area (Å²) in [7, 11) is -3.31. The van der Waals surface area contributed by atoms with Crippen molar-refractivity contribution in [1.82, 2.24) is 4.31 Å². The Balaban J connectivity index is 2.51. The summed E-state index contributed by atoms with van der Waals surface area (Å²) >= 11 is 11.9. The number of aliphatic carboxylic acids is 1. The Hall–Kier alpha value is -1.08. The van der Waals surface area contributed by atoms with E-state index in [1.807, 2.05) is 0 Å². The third-order valence-electron chi connectivity index (χ3n) is 3.52. The molecule has 0 amide bonds. The highest BCUT2D eigenvalue weighted by molar-refractivity contribution is 7.88. The number of benzene rings is 1. The van der Waals surface area contributed by atoms with Gasteiger partial charge in [-0.2, -0.15) is 4.31 Å². The number of halogens is 2. The third kappa shape index (κ3) is 9.84. The van der Waals surface area contributed by atoms with E-state index >= 15 is 0 Å². The van der Waals surface area contributed by atoms with E-state index in [0.717, 1.165) is 18.4 Å². The van der Waals surface area contributed by atoms with Crippen molar-refractivity contribution in [2.45, 2.75) is 32.1 Å². The maximum absolute atomic E-state index is 11.9. The number of carbonyl (C=O) groups is 1. The predicted octanol–water partition coefficient (Wildman–Crippen LogP) is 4.30. The van der Waals surface area contributed by atoms with Crippen molar-refractivity contribution >= 4 is 45.3 Å². The van der Waals surface area contributed by atoms with Crippen LogP contribution in [0.15, 0.2) is 24.3 Å². The highest BCUT2D eigenvalue weighted by Gasteiger charge is 2.14. The molecule has 0 spiro atoms. The number of rotatable bonds is 11. The van der Waals surface area contributed by atoms with Gasteiger partial charge in [-0.05, 0) is 36.6 Å². The molecule has 8 heteroatoms. The molecule has 0 fully saturated rings. The Labute approximate surface area is 159 Å². The number of sulfonamides is 1. The van der Waals surface area contributed by atoms with Gasteiger partial charge in [-0.15, -0.1) is 0 Å². The summed E-state index contributed by atoms with van der Waals surface area (Å²) in [5, 5.41) is 9.62. The van der Waals surface area contributed by atoms with Crippen LogP contribution in [0.5, 0.6) is 0 Å². The number of hydrogen-bond acceptors (Lipinski definition) is 3. The lowest BCUT2D eigenvalue weighted by molar-refractivity contribution is -0.137. The van der Waals surface area contributed by atoms with Crippen LogP contribution in [0.3, 0.4) is 0 Å². The molecule has 1 aromatic rings. The van der Waals surface area contributed by atoms with Crippen molar-refractivity contribution in [3.63, 3.8) is 0 Å². The molecule has 0 heterocycles. The summed E-state index contributed by atoms with van der Waals surface area (Å²) in [6, 6.07) is 5.13. The van der Waals surface area contributed by atoms with Crippen molar-refractivity contribution in [3.8, 4) is 0 Å². The molecule has 25 heavy (non-hydrogen) atoms. The molecule has 5 nitrogen and oxygen atoms in total. The second-order valence-corrected chi connectivity index (χ2v) is 8.64. The average Bonchev–Trinajstić information content (AvgIpc) is 2.46. The fraction of sp³-hybridized carbons (Fsp3) is 0.471. The highest BCUT2D eigenvalue weighted by atomic mass is 35.5. The molecule has 0 bridgehead atoms. The lowest BCUT2D eigenvalue weighted by atomic mass is 10.1. The summed E-state index contributed by atoms with van der Waals surface area (Å²) < 4.78 is 25.1. The molecule has 0 atom stereocenters. The number of nitrogens with zero attached hydrogens (tertiary/aromatic N) is 1. The molecule has 0 radical (unpaired) electrons. The van der Waals surface area contributed by atoms with E-state index in [9.17, 15) is 13.2 Å². The Kier molecular flexibility index (Phi) is 9.50. The van der Waals surface area contributed by atoms with Crippen LogP contribution in [-0.2, 0) is 14.8 Å². The highest BCUT2D eigenvalue weighted by Crippen LogP contribution is 2.20. The van der Waals surface area contributed by atoms with Gasteiger partial charge in [-0.25, -0.2) is 8.42 Å². The third-order valence-corrected chi connectivity index (χ3v) is 5.23. The fourth-order valence-electron chi connectivity index (χ4n) is 2.29. The Morgan fingerprint density at radius 1 is 1.12 bits per heavy atom. The minimum absolute atomic E-state index is 0.153. The number of carboxylic acids is 1. The van der Waals surface area contributed by atoms with E-state index in [-0.39, 0.29) is 13.0 Å². The van der Waals surface area contributed by atoms with E-state index in [4.69, 9.17) is 28.3 Å². The Bertz CT molecular complexity index is 684. The van der Waals surface area contributed by atoms with Crippen LogP contribution < -0.4 is 0 Å². The maximum Gasteiger partial charge on any atom is 0.303 e. The summed E-state index contributed by atoms with van der Waals surface area (Å²) in [6.07, 6.45) is 7.76. The topological polar surface area (TPSA) is 74.7 Å². The number of hydrogen-bond donors (Lipinski definition) is 1. The predicted molar refractivity (Wildman–Crippen MR) is 103 cm³/mol. The van der Waals surface area contributed by atoms with E-state index in [1.54, 1.807) is 30.4 Å².